The van der Waals surface area contributed by atoms with Crippen LogP contribution in [0.25, 0.3) is 0 Å². The fourth-order valence-electron chi connectivity index (χ4n) is 5.25. The number of hydrogen-bond acceptors (Lipinski definition) is 10. The number of benzene rings is 2. The first-order valence-corrected chi connectivity index (χ1v) is 16.9. The van der Waals surface area contributed by atoms with E-state index < -0.39 is 91.1 Å². The third-order valence-electron chi connectivity index (χ3n) is 7.44. The molecule has 302 valence electrons. The Hall–Kier alpha value is -4.13. The average molecular weight is 780 g/mol. The predicted octanol–water partition coefficient (Wildman–Crippen LogP) is 6.17. The molecule has 2 amide bonds. The lowest BCUT2D eigenvalue weighted by molar-refractivity contribution is -0.171. The summed E-state index contributed by atoms with van der Waals surface area (Å²) < 4.78 is 118. The van der Waals surface area contributed by atoms with Gasteiger partial charge in [-0.25, -0.2) is 18.0 Å². The Morgan fingerprint density at radius 2 is 1.63 bits per heavy atom. The van der Waals surface area contributed by atoms with Crippen molar-refractivity contribution in [2.45, 2.75) is 90.5 Å². The molecule has 1 unspecified atom stereocenters. The van der Waals surface area contributed by atoms with Gasteiger partial charge in [0.05, 0.1) is 24.9 Å². The lowest BCUT2D eigenvalue weighted by Gasteiger charge is -2.30. The topological polar surface area (TPSA) is 125 Å². The van der Waals surface area contributed by atoms with E-state index in [1.165, 1.54) is 27.9 Å². The highest BCUT2D eigenvalue weighted by atomic mass is 19.4. The number of methoxy groups -OCH3 is 1. The molecule has 2 aromatic rings. The molecule has 0 bridgehead atoms. The molecule has 1 aliphatic rings. The Morgan fingerprint density at radius 1 is 0.981 bits per heavy atom. The number of nitrogens with one attached hydrogen (secondary N) is 1. The normalized spacial score (nSPS) is 15.2. The van der Waals surface area contributed by atoms with Gasteiger partial charge < -0.3 is 33.7 Å². The zero-order valence-electron chi connectivity index (χ0n) is 31.2. The Kier molecular flexibility index (Phi) is 15.5. The van der Waals surface area contributed by atoms with E-state index in [-0.39, 0.29) is 48.9 Å². The number of rotatable bonds is 17. The molecular weight excluding hydrogens is 732 g/mol. The van der Waals surface area contributed by atoms with Crippen molar-refractivity contribution >= 4 is 29.3 Å². The van der Waals surface area contributed by atoms with Gasteiger partial charge in [-0.2, -0.15) is 13.2 Å². The average Bonchev–Trinajstić information content (AvgIpc) is 3.42. The highest BCUT2D eigenvalue weighted by Gasteiger charge is 2.47. The zero-order chi connectivity index (χ0) is 40.4. The number of ether oxygens (including phenoxy) is 6. The van der Waals surface area contributed by atoms with Crippen molar-refractivity contribution in [2.75, 3.05) is 56.6 Å². The summed E-state index contributed by atoms with van der Waals surface area (Å²) in [4.78, 5) is 40.4. The summed E-state index contributed by atoms with van der Waals surface area (Å²) in [5, 5.41) is 2.78. The van der Waals surface area contributed by atoms with Crippen molar-refractivity contribution in [1.29, 1.82) is 0 Å². The Labute approximate surface area is 309 Å². The molecule has 18 heteroatoms. The number of fused-ring (bicyclic) bond motifs is 1. The minimum Gasteiger partial charge on any atom is -0.487 e. The zero-order valence-corrected chi connectivity index (χ0v) is 31.2. The molecule has 2 aromatic carbocycles. The molecule has 0 aromatic heterocycles. The largest absolute Gasteiger partial charge is 0.487 e. The molecule has 1 aliphatic heterocycles. The van der Waals surface area contributed by atoms with Crippen LogP contribution in [-0.4, -0.2) is 101 Å². The molecule has 0 spiro atoms. The molecule has 3 rings (SSSR count). The fraction of sp³-hybridized carbons (Fsp3) is 0.583. The van der Waals surface area contributed by atoms with Crippen LogP contribution in [0.3, 0.4) is 0 Å². The van der Waals surface area contributed by atoms with Gasteiger partial charge in [0.1, 0.15) is 48.7 Å². The van der Waals surface area contributed by atoms with Crippen LogP contribution in [0.5, 0.6) is 5.75 Å². The van der Waals surface area contributed by atoms with E-state index >= 15 is 4.39 Å². The molecule has 0 saturated heterocycles. The molecule has 0 radical (unpaired) electrons. The summed E-state index contributed by atoms with van der Waals surface area (Å²) in [6.07, 6.45) is -11.5. The van der Waals surface area contributed by atoms with Crippen LogP contribution in [0.2, 0.25) is 0 Å². The van der Waals surface area contributed by atoms with E-state index in [2.05, 4.69) is 5.32 Å². The predicted molar refractivity (Wildman–Crippen MR) is 184 cm³/mol. The maximum Gasteiger partial charge on any atom is 0.471 e. The molecule has 2 atom stereocenters. The van der Waals surface area contributed by atoms with E-state index in [0.29, 0.717) is 5.56 Å². The van der Waals surface area contributed by atoms with E-state index in [4.69, 9.17) is 28.4 Å². The number of carbonyl (C=O) groups is 3. The van der Waals surface area contributed by atoms with Crippen LogP contribution in [0.4, 0.5) is 42.5 Å². The van der Waals surface area contributed by atoms with Crippen LogP contribution < -0.4 is 19.9 Å². The first-order chi connectivity index (χ1) is 25.1. The molecule has 54 heavy (non-hydrogen) atoms. The number of alkyl halides is 5. The van der Waals surface area contributed by atoms with Gasteiger partial charge in [-0.05, 0) is 53.5 Å². The molecule has 0 aliphatic carbocycles. The Balaban J connectivity index is 2.11. The molecule has 0 saturated carbocycles. The van der Waals surface area contributed by atoms with Gasteiger partial charge in [-0.3, -0.25) is 19.4 Å². The second kappa shape index (κ2) is 19.0. The number of amides is 2. The van der Waals surface area contributed by atoms with Gasteiger partial charge in [-0.15, -0.1) is 0 Å². The number of anilines is 2. The van der Waals surface area contributed by atoms with Crippen molar-refractivity contribution in [1.82, 2.24) is 5.32 Å². The van der Waals surface area contributed by atoms with Crippen LogP contribution in [-0.2, 0) is 46.3 Å². The minimum absolute atomic E-state index is 0.0967. The van der Waals surface area contributed by atoms with Crippen molar-refractivity contribution in [3.05, 3.63) is 53.3 Å². The molecule has 1 N–H and O–H groups in total. The maximum absolute atomic E-state index is 16.9. The molecule has 12 nitrogen and oxygen atoms in total. The summed E-state index contributed by atoms with van der Waals surface area (Å²) in [5.74, 6) is -5.86. The monoisotopic (exact) mass is 779 g/mol. The second-order valence-corrected chi connectivity index (χ2v) is 14.2. The van der Waals surface area contributed by atoms with Gasteiger partial charge in [-0.1, -0.05) is 30.3 Å². The van der Waals surface area contributed by atoms with E-state index in [0.717, 1.165) is 11.0 Å². The third kappa shape index (κ3) is 13.0. The number of halogens is 6. The summed E-state index contributed by atoms with van der Waals surface area (Å²) in [6.45, 7) is 6.57. The van der Waals surface area contributed by atoms with Crippen LogP contribution in [0, 0.1) is 5.82 Å². The number of nitrogens with zero attached hydrogens (tertiary/aromatic N) is 2. The van der Waals surface area contributed by atoms with Crippen molar-refractivity contribution in [2.24, 2.45) is 0 Å². The minimum atomic E-state index is -5.57. The van der Waals surface area contributed by atoms with E-state index in [1.54, 1.807) is 51.1 Å². The number of carbonyl (C=O) groups excluding carboxylic acids is 3. The Bertz CT molecular complexity index is 1570. The first-order valence-electron chi connectivity index (χ1n) is 16.9. The second-order valence-electron chi connectivity index (χ2n) is 14.2. The lowest BCUT2D eigenvalue weighted by Crippen LogP contribution is -2.47. The summed E-state index contributed by atoms with van der Waals surface area (Å²) >= 11 is 0. The van der Waals surface area contributed by atoms with Gasteiger partial charge in [0.25, 0.3) is 6.43 Å². The SMILES string of the molecule is COCCOCOC(CNC[C@H]1Cc2c(cc(OCc3ccccc3)c(N(CC(=O)OC(C)(C)C)C(=O)C(F)(F)F)c2F)N1C(=O)OC(C)(C)C)C(F)F. The third-order valence-corrected chi connectivity index (χ3v) is 7.44. The quantitative estimate of drug-likeness (QED) is 0.0864. The van der Waals surface area contributed by atoms with E-state index in [1.807, 2.05) is 0 Å². The van der Waals surface area contributed by atoms with Crippen LogP contribution in [0.1, 0.15) is 52.7 Å². The number of hydrogen-bond donors (Lipinski definition) is 1. The van der Waals surface area contributed by atoms with Gasteiger partial charge in [0, 0.05) is 31.8 Å². The molecule has 1 heterocycles. The van der Waals surface area contributed by atoms with Crippen LogP contribution in [0.15, 0.2) is 36.4 Å². The summed E-state index contributed by atoms with van der Waals surface area (Å²) in [7, 11) is 1.44. The summed E-state index contributed by atoms with van der Waals surface area (Å²) in [6, 6.07) is 8.30. The standard InChI is InChI=1S/C36H47F6N3O9/c1-34(2,3)53-28(46)19-44(32(47)36(40,41)42)30-26(51-20-22-11-9-8-10-12-22)16-25-24(29(30)37)15-23(45(25)33(48)54-35(4,5)6)17-43-18-27(31(38)39)52-21-50-14-13-49-7/h8-12,16,23,27,31,43H,13-15,17-21H2,1-7H3/t23-,27?/m1/s1. The maximum atomic E-state index is 16.9. The highest BCUT2D eigenvalue weighted by Crippen LogP contribution is 2.46. The number of esters is 1. The van der Waals surface area contributed by atoms with Crippen LogP contribution >= 0.6 is 0 Å². The molecular formula is C36H47F6N3O9. The van der Waals surface area contributed by atoms with Crippen molar-refractivity contribution in [3.63, 3.8) is 0 Å². The fourth-order valence-corrected chi connectivity index (χ4v) is 5.25. The lowest BCUT2D eigenvalue weighted by atomic mass is 10.1. The van der Waals surface area contributed by atoms with Crippen molar-refractivity contribution in [3.8, 4) is 5.75 Å². The molecule has 0 fully saturated rings. The first kappa shape index (κ1) is 44.3. The smallest absolute Gasteiger partial charge is 0.471 e. The van der Waals surface area contributed by atoms with Crippen molar-refractivity contribution < 1.29 is 69.1 Å². The van der Waals surface area contributed by atoms with Gasteiger partial charge >= 0.3 is 24.1 Å². The van der Waals surface area contributed by atoms with Gasteiger partial charge in [0.15, 0.2) is 5.82 Å². The highest BCUT2D eigenvalue weighted by molar-refractivity contribution is 6.03. The van der Waals surface area contributed by atoms with Gasteiger partial charge in [0.2, 0.25) is 0 Å². The Morgan fingerprint density at radius 3 is 2.20 bits per heavy atom. The summed E-state index contributed by atoms with van der Waals surface area (Å²) in [5.41, 5.74) is -3.25. The van der Waals surface area contributed by atoms with E-state index in [9.17, 15) is 36.3 Å².